The number of hydrogen-bond acceptors (Lipinski definition) is 5. The molecular weight excluding hydrogens is 320 g/mol. The van der Waals surface area contributed by atoms with Crippen LogP contribution in [0.2, 0.25) is 0 Å². The van der Waals surface area contributed by atoms with Gasteiger partial charge < -0.3 is 5.32 Å². The summed E-state index contributed by atoms with van der Waals surface area (Å²) in [5.74, 6) is 0.0990. The van der Waals surface area contributed by atoms with E-state index in [1.807, 2.05) is 25.6 Å². The molecule has 25 heavy (non-hydrogen) atoms. The van der Waals surface area contributed by atoms with Crippen LogP contribution in [0.5, 0.6) is 0 Å². The third-order valence-electron chi connectivity index (χ3n) is 5.42. The van der Waals surface area contributed by atoms with Gasteiger partial charge in [0.05, 0.1) is 11.6 Å². The zero-order valence-electron chi connectivity index (χ0n) is 15.3. The Bertz CT molecular complexity index is 656. The maximum absolute atomic E-state index is 12.6. The molecule has 0 spiro atoms. The maximum Gasteiger partial charge on any atom is 0.235 e. The molecule has 0 aliphatic carbocycles. The van der Waals surface area contributed by atoms with E-state index in [1.54, 1.807) is 0 Å². The van der Waals surface area contributed by atoms with Crippen LogP contribution in [-0.2, 0) is 23.2 Å². The molecule has 0 radical (unpaired) electrons. The summed E-state index contributed by atoms with van der Waals surface area (Å²) in [5, 5.41) is 7.48. The number of amides is 2. The van der Waals surface area contributed by atoms with Crippen LogP contribution in [0.15, 0.2) is 0 Å². The van der Waals surface area contributed by atoms with Crippen molar-refractivity contribution < 1.29 is 9.59 Å². The SMILES string of the molecule is Cc1nn(C)c(C)c1CNC(=O)C1CCCN(C2CNNC(=O)C2)C1. The molecule has 3 N–H and O–H groups in total. The van der Waals surface area contributed by atoms with Gasteiger partial charge in [-0.1, -0.05) is 0 Å². The summed E-state index contributed by atoms with van der Waals surface area (Å²) in [5.41, 5.74) is 8.71. The lowest BCUT2D eigenvalue weighted by atomic mass is 9.94. The van der Waals surface area contributed by atoms with E-state index in [9.17, 15) is 9.59 Å². The van der Waals surface area contributed by atoms with Crippen molar-refractivity contribution in [2.24, 2.45) is 13.0 Å². The molecule has 2 amide bonds. The first-order valence-corrected chi connectivity index (χ1v) is 8.98. The Hall–Kier alpha value is -1.93. The molecule has 8 nitrogen and oxygen atoms in total. The van der Waals surface area contributed by atoms with Crippen LogP contribution in [-0.4, -0.2) is 52.2 Å². The Morgan fingerprint density at radius 3 is 2.88 bits per heavy atom. The van der Waals surface area contributed by atoms with Gasteiger partial charge in [0.2, 0.25) is 11.8 Å². The monoisotopic (exact) mass is 348 g/mol. The molecule has 3 rings (SSSR count). The Kier molecular flexibility index (Phi) is 5.39. The summed E-state index contributed by atoms with van der Waals surface area (Å²) in [4.78, 5) is 26.5. The van der Waals surface area contributed by atoms with Crippen molar-refractivity contribution in [1.82, 2.24) is 30.8 Å². The number of aromatic nitrogens is 2. The number of likely N-dealkylation sites (tertiary alicyclic amines) is 1. The smallest absolute Gasteiger partial charge is 0.235 e. The fraction of sp³-hybridized carbons (Fsp3) is 0.706. The van der Waals surface area contributed by atoms with Crippen molar-refractivity contribution in [3.63, 3.8) is 0 Å². The molecule has 138 valence electrons. The van der Waals surface area contributed by atoms with Crippen LogP contribution >= 0.6 is 0 Å². The summed E-state index contributed by atoms with van der Waals surface area (Å²) in [6.45, 7) is 6.91. The molecule has 0 bridgehead atoms. The third kappa shape index (κ3) is 4.01. The van der Waals surface area contributed by atoms with E-state index >= 15 is 0 Å². The van der Waals surface area contributed by atoms with Gasteiger partial charge in [-0.2, -0.15) is 5.10 Å². The lowest BCUT2D eigenvalue weighted by molar-refractivity contribution is -0.128. The molecule has 2 atom stereocenters. The lowest BCUT2D eigenvalue weighted by Gasteiger charge is -2.39. The largest absolute Gasteiger partial charge is 0.352 e. The molecule has 8 heteroatoms. The number of rotatable bonds is 4. The average molecular weight is 348 g/mol. The molecule has 1 aromatic heterocycles. The number of hydrogen-bond donors (Lipinski definition) is 3. The van der Waals surface area contributed by atoms with Gasteiger partial charge in [0.25, 0.3) is 0 Å². The highest BCUT2D eigenvalue weighted by molar-refractivity contribution is 5.79. The predicted molar refractivity (Wildman–Crippen MR) is 93.4 cm³/mol. The number of piperidine rings is 1. The quantitative estimate of drug-likeness (QED) is 0.698. The molecule has 2 unspecified atom stereocenters. The van der Waals surface area contributed by atoms with Gasteiger partial charge in [-0.15, -0.1) is 0 Å². The van der Waals surface area contributed by atoms with Crippen molar-refractivity contribution in [2.75, 3.05) is 19.6 Å². The molecular formula is C17H28N6O2. The van der Waals surface area contributed by atoms with Gasteiger partial charge >= 0.3 is 0 Å². The summed E-state index contributed by atoms with van der Waals surface area (Å²) in [6.07, 6.45) is 2.39. The minimum Gasteiger partial charge on any atom is -0.352 e. The topological polar surface area (TPSA) is 91.3 Å². The first kappa shape index (κ1) is 17.9. The van der Waals surface area contributed by atoms with Crippen LogP contribution in [0.25, 0.3) is 0 Å². The fourth-order valence-electron chi connectivity index (χ4n) is 3.81. The zero-order valence-corrected chi connectivity index (χ0v) is 15.3. The number of nitrogens with one attached hydrogen (secondary N) is 3. The van der Waals surface area contributed by atoms with Crippen LogP contribution in [0.3, 0.4) is 0 Å². The van der Waals surface area contributed by atoms with E-state index in [0.717, 1.165) is 49.4 Å². The van der Waals surface area contributed by atoms with E-state index in [4.69, 9.17) is 0 Å². The summed E-state index contributed by atoms with van der Waals surface area (Å²) < 4.78 is 1.85. The highest BCUT2D eigenvalue weighted by Crippen LogP contribution is 2.21. The lowest BCUT2D eigenvalue weighted by Crippen LogP contribution is -2.57. The van der Waals surface area contributed by atoms with E-state index in [-0.39, 0.29) is 23.8 Å². The molecule has 3 heterocycles. The van der Waals surface area contributed by atoms with Gasteiger partial charge in [-0.25, -0.2) is 5.43 Å². The van der Waals surface area contributed by atoms with Crippen molar-refractivity contribution in [2.45, 2.75) is 45.7 Å². The Labute approximate surface area is 148 Å². The first-order valence-electron chi connectivity index (χ1n) is 8.98. The second-order valence-corrected chi connectivity index (χ2v) is 7.11. The van der Waals surface area contributed by atoms with Gasteiger partial charge in [-0.05, 0) is 33.2 Å². The summed E-state index contributed by atoms with van der Waals surface area (Å²) >= 11 is 0. The zero-order chi connectivity index (χ0) is 18.0. The van der Waals surface area contributed by atoms with Gasteiger partial charge in [0.1, 0.15) is 0 Å². The number of nitrogens with zero attached hydrogens (tertiary/aromatic N) is 3. The highest BCUT2D eigenvalue weighted by Gasteiger charge is 2.32. The van der Waals surface area contributed by atoms with E-state index in [1.165, 1.54) is 0 Å². The minimum atomic E-state index is -0.0176. The number of hydrazine groups is 1. The second-order valence-electron chi connectivity index (χ2n) is 7.11. The second kappa shape index (κ2) is 7.53. The first-order chi connectivity index (χ1) is 12.0. The van der Waals surface area contributed by atoms with Gasteiger partial charge in [0, 0.05) is 50.4 Å². The molecule has 0 aromatic carbocycles. The van der Waals surface area contributed by atoms with Gasteiger partial charge in [0.15, 0.2) is 0 Å². The summed E-state index contributed by atoms with van der Waals surface area (Å²) in [6, 6.07) is 0.173. The van der Waals surface area contributed by atoms with Crippen LogP contribution in [0.4, 0.5) is 0 Å². The van der Waals surface area contributed by atoms with Crippen molar-refractivity contribution in [3.05, 3.63) is 17.0 Å². The van der Waals surface area contributed by atoms with Crippen molar-refractivity contribution in [1.29, 1.82) is 0 Å². The number of carbonyl (C=O) groups is 2. The maximum atomic E-state index is 12.6. The van der Waals surface area contributed by atoms with Crippen LogP contribution < -0.4 is 16.2 Å². The standard InChI is InChI=1S/C17H28N6O2/c1-11-15(12(2)22(3)21-11)9-18-17(25)13-5-4-6-23(10-13)14-7-16(24)20-19-8-14/h13-14,19H,4-10H2,1-3H3,(H,18,25)(H,20,24). The van der Waals surface area contributed by atoms with Crippen molar-refractivity contribution >= 4 is 11.8 Å². The van der Waals surface area contributed by atoms with Crippen molar-refractivity contribution in [3.8, 4) is 0 Å². The third-order valence-corrected chi connectivity index (χ3v) is 5.42. The van der Waals surface area contributed by atoms with E-state index in [0.29, 0.717) is 13.0 Å². The molecule has 0 saturated carbocycles. The van der Waals surface area contributed by atoms with Gasteiger partial charge in [-0.3, -0.25) is 24.6 Å². The van der Waals surface area contributed by atoms with Crippen LogP contribution in [0.1, 0.15) is 36.2 Å². The molecule has 2 aliphatic rings. The molecule has 1 aromatic rings. The fourth-order valence-corrected chi connectivity index (χ4v) is 3.81. The minimum absolute atomic E-state index is 0.0176. The number of aryl methyl sites for hydroxylation is 2. The Morgan fingerprint density at radius 1 is 1.40 bits per heavy atom. The molecule has 2 fully saturated rings. The summed E-state index contributed by atoms with van der Waals surface area (Å²) in [7, 11) is 1.92. The Balaban J connectivity index is 1.55. The molecule has 2 saturated heterocycles. The normalized spacial score (nSPS) is 24.8. The molecule has 2 aliphatic heterocycles. The number of carbonyl (C=O) groups excluding carboxylic acids is 2. The predicted octanol–water partition coefficient (Wildman–Crippen LogP) is -0.242. The highest BCUT2D eigenvalue weighted by atomic mass is 16.2. The van der Waals surface area contributed by atoms with E-state index < -0.39 is 0 Å². The van der Waals surface area contributed by atoms with E-state index in [2.05, 4.69) is 26.2 Å². The Morgan fingerprint density at radius 2 is 2.20 bits per heavy atom. The van der Waals surface area contributed by atoms with Crippen LogP contribution in [0, 0.1) is 19.8 Å². The average Bonchev–Trinajstić information content (AvgIpc) is 2.85.